The zero-order chi connectivity index (χ0) is 17.2. The molecule has 0 unspecified atom stereocenters. The van der Waals surface area contributed by atoms with Crippen molar-refractivity contribution in [3.8, 4) is 0 Å². The molecule has 7 nitrogen and oxygen atoms in total. The van der Waals surface area contributed by atoms with Gasteiger partial charge < -0.3 is 19.4 Å². The normalized spacial score (nSPS) is 18.7. The largest absolute Gasteiger partial charge is 0.378 e. The molecule has 25 heavy (non-hydrogen) atoms. The Hall–Kier alpha value is -1.93. The van der Waals surface area contributed by atoms with E-state index in [-0.39, 0.29) is 0 Å². The van der Waals surface area contributed by atoms with Crippen LogP contribution in [0.25, 0.3) is 0 Å². The first kappa shape index (κ1) is 16.5. The number of hydrogen-bond donors (Lipinski definition) is 0. The van der Waals surface area contributed by atoms with Crippen molar-refractivity contribution in [1.82, 2.24) is 15.0 Å². The van der Waals surface area contributed by atoms with Crippen LogP contribution in [0.2, 0.25) is 0 Å². The number of piperazine rings is 1. The van der Waals surface area contributed by atoms with Crippen molar-refractivity contribution in [2.24, 2.45) is 0 Å². The average molecular weight is 360 g/mol. The maximum atomic E-state index is 5.45. The summed E-state index contributed by atoms with van der Waals surface area (Å²) >= 11 is 1.77. The summed E-state index contributed by atoms with van der Waals surface area (Å²) in [6.45, 7) is 11.3. The minimum Gasteiger partial charge on any atom is -0.378 e. The maximum absolute atomic E-state index is 5.45. The number of morpholine rings is 1. The van der Waals surface area contributed by atoms with E-state index in [1.54, 1.807) is 11.3 Å². The number of ether oxygens (including phenoxy) is 1. The Morgan fingerprint density at radius 1 is 0.880 bits per heavy atom. The van der Waals surface area contributed by atoms with Gasteiger partial charge in [-0.25, -0.2) is 15.0 Å². The van der Waals surface area contributed by atoms with Crippen LogP contribution in [0.1, 0.15) is 10.7 Å². The number of rotatable bonds is 3. The highest BCUT2D eigenvalue weighted by Crippen LogP contribution is 2.25. The van der Waals surface area contributed by atoms with Gasteiger partial charge in [0.25, 0.3) is 0 Å². The van der Waals surface area contributed by atoms with Crippen molar-refractivity contribution in [3.63, 3.8) is 0 Å². The maximum Gasteiger partial charge on any atom is 0.185 e. The van der Waals surface area contributed by atoms with Crippen molar-refractivity contribution in [3.05, 3.63) is 23.0 Å². The Kier molecular flexibility index (Phi) is 4.72. The zero-order valence-electron chi connectivity index (χ0n) is 14.8. The lowest BCUT2D eigenvalue weighted by atomic mass is 10.3. The van der Waals surface area contributed by atoms with Gasteiger partial charge in [0.15, 0.2) is 5.13 Å². The molecule has 0 atom stereocenters. The molecule has 2 aliphatic heterocycles. The van der Waals surface area contributed by atoms with Gasteiger partial charge in [-0.05, 0) is 13.8 Å². The summed E-state index contributed by atoms with van der Waals surface area (Å²) < 4.78 is 5.45. The van der Waals surface area contributed by atoms with E-state index in [4.69, 9.17) is 4.74 Å². The Morgan fingerprint density at radius 2 is 1.48 bits per heavy atom. The number of aromatic nitrogens is 3. The van der Waals surface area contributed by atoms with Gasteiger partial charge in [-0.3, -0.25) is 0 Å². The topological polar surface area (TPSA) is 57.6 Å². The molecule has 134 valence electrons. The molecule has 2 aliphatic rings. The fourth-order valence-electron chi connectivity index (χ4n) is 3.27. The molecule has 0 N–H and O–H groups in total. The van der Waals surface area contributed by atoms with Crippen LogP contribution in [0.15, 0.2) is 12.3 Å². The molecule has 0 spiro atoms. The molecule has 0 amide bonds. The third-order valence-electron chi connectivity index (χ3n) is 4.63. The Morgan fingerprint density at radius 3 is 2.08 bits per heavy atom. The molecule has 2 aromatic heterocycles. The molecule has 4 heterocycles. The smallest absolute Gasteiger partial charge is 0.185 e. The zero-order valence-corrected chi connectivity index (χ0v) is 15.6. The molecule has 0 aromatic carbocycles. The highest BCUT2D eigenvalue weighted by atomic mass is 32.1. The summed E-state index contributed by atoms with van der Waals surface area (Å²) in [5.74, 6) is 2.88. The number of thiazole rings is 1. The summed E-state index contributed by atoms with van der Waals surface area (Å²) in [5.41, 5.74) is 0. The number of hydrogen-bond acceptors (Lipinski definition) is 8. The lowest BCUT2D eigenvalue weighted by Crippen LogP contribution is -2.47. The Bertz CT molecular complexity index is 722. The Balaban J connectivity index is 1.46. The molecule has 0 aliphatic carbocycles. The number of anilines is 3. The van der Waals surface area contributed by atoms with Crippen LogP contribution in [-0.4, -0.2) is 67.4 Å². The second kappa shape index (κ2) is 7.13. The summed E-state index contributed by atoms with van der Waals surface area (Å²) in [6, 6.07) is 2.13. The number of aryl methyl sites for hydroxylation is 2. The summed E-state index contributed by atoms with van der Waals surface area (Å²) in [6.07, 6.45) is 1.95. The third kappa shape index (κ3) is 3.69. The van der Waals surface area contributed by atoms with Gasteiger partial charge in [-0.15, -0.1) is 11.3 Å². The summed E-state index contributed by atoms with van der Waals surface area (Å²) in [7, 11) is 0. The van der Waals surface area contributed by atoms with Crippen LogP contribution in [0.5, 0.6) is 0 Å². The van der Waals surface area contributed by atoms with Gasteiger partial charge in [-0.2, -0.15) is 0 Å². The first-order valence-electron chi connectivity index (χ1n) is 8.80. The number of nitrogens with zero attached hydrogens (tertiary/aromatic N) is 6. The second-order valence-electron chi connectivity index (χ2n) is 6.46. The van der Waals surface area contributed by atoms with E-state index in [9.17, 15) is 0 Å². The van der Waals surface area contributed by atoms with E-state index >= 15 is 0 Å². The van der Waals surface area contributed by atoms with Crippen molar-refractivity contribution < 1.29 is 4.74 Å². The lowest BCUT2D eigenvalue weighted by molar-refractivity contribution is 0.122. The van der Waals surface area contributed by atoms with Gasteiger partial charge in [-0.1, -0.05) is 0 Å². The van der Waals surface area contributed by atoms with Crippen LogP contribution in [0.4, 0.5) is 16.8 Å². The predicted molar refractivity (Wildman–Crippen MR) is 101 cm³/mol. The van der Waals surface area contributed by atoms with Crippen LogP contribution >= 0.6 is 11.3 Å². The van der Waals surface area contributed by atoms with E-state index in [0.717, 1.165) is 75.1 Å². The van der Waals surface area contributed by atoms with E-state index in [1.807, 2.05) is 13.1 Å². The molecule has 0 radical (unpaired) electrons. The van der Waals surface area contributed by atoms with Crippen LogP contribution in [0.3, 0.4) is 0 Å². The molecular weight excluding hydrogens is 336 g/mol. The van der Waals surface area contributed by atoms with E-state index in [2.05, 4.69) is 42.6 Å². The SMILES string of the molecule is Cc1nc(N2CCOCC2)cc(N2CCN(c3ncc(C)s3)CC2)n1. The predicted octanol–water partition coefficient (Wildman–Crippen LogP) is 1.71. The molecule has 0 bridgehead atoms. The van der Waals surface area contributed by atoms with Gasteiger partial charge >= 0.3 is 0 Å². The minimum absolute atomic E-state index is 0.768. The van der Waals surface area contributed by atoms with Crippen LogP contribution in [0, 0.1) is 13.8 Å². The molecule has 8 heteroatoms. The summed E-state index contributed by atoms with van der Waals surface area (Å²) in [5, 5.41) is 1.13. The van der Waals surface area contributed by atoms with Crippen molar-refractivity contribution in [2.75, 3.05) is 67.2 Å². The lowest BCUT2D eigenvalue weighted by Gasteiger charge is -2.36. The van der Waals surface area contributed by atoms with E-state index in [1.165, 1.54) is 4.88 Å². The standard InChI is InChI=1S/C17H24N6OS/c1-13-12-18-17(25-13)23-5-3-21(4-6-23)15-11-16(20-14(2)19-15)22-7-9-24-10-8-22/h11-12H,3-10H2,1-2H3. The fourth-order valence-corrected chi connectivity index (χ4v) is 4.08. The van der Waals surface area contributed by atoms with Gasteiger partial charge in [0.1, 0.15) is 17.5 Å². The molecular formula is C17H24N6OS. The highest BCUT2D eigenvalue weighted by molar-refractivity contribution is 7.15. The fraction of sp³-hybridized carbons (Fsp3) is 0.588. The molecule has 2 fully saturated rings. The molecule has 4 rings (SSSR count). The molecule has 2 aromatic rings. The van der Waals surface area contributed by atoms with Crippen molar-refractivity contribution in [2.45, 2.75) is 13.8 Å². The van der Waals surface area contributed by atoms with Crippen molar-refractivity contribution in [1.29, 1.82) is 0 Å². The third-order valence-corrected chi connectivity index (χ3v) is 5.60. The van der Waals surface area contributed by atoms with Crippen LogP contribution in [-0.2, 0) is 4.74 Å². The first-order chi connectivity index (χ1) is 12.2. The van der Waals surface area contributed by atoms with Gasteiger partial charge in [0, 0.05) is 56.4 Å². The van der Waals surface area contributed by atoms with E-state index < -0.39 is 0 Å². The van der Waals surface area contributed by atoms with Gasteiger partial charge in [0.05, 0.1) is 13.2 Å². The molecule has 0 saturated carbocycles. The first-order valence-corrected chi connectivity index (χ1v) is 9.61. The Labute approximate surface area is 152 Å². The summed E-state index contributed by atoms with van der Waals surface area (Å²) in [4.78, 5) is 22.1. The quantitative estimate of drug-likeness (QED) is 0.826. The monoisotopic (exact) mass is 360 g/mol. The second-order valence-corrected chi connectivity index (χ2v) is 7.67. The average Bonchev–Trinajstić information content (AvgIpc) is 3.08. The minimum atomic E-state index is 0.768. The van der Waals surface area contributed by atoms with E-state index in [0.29, 0.717) is 0 Å². The van der Waals surface area contributed by atoms with Crippen molar-refractivity contribution >= 4 is 28.1 Å². The van der Waals surface area contributed by atoms with Gasteiger partial charge in [0.2, 0.25) is 0 Å². The highest BCUT2D eigenvalue weighted by Gasteiger charge is 2.22. The molecule has 2 saturated heterocycles. The van der Waals surface area contributed by atoms with Crippen LogP contribution < -0.4 is 14.7 Å².